The zero-order chi connectivity index (χ0) is 16.1. The van der Waals surface area contributed by atoms with E-state index in [1.165, 1.54) is 0 Å². The van der Waals surface area contributed by atoms with E-state index < -0.39 is 6.10 Å². The lowest BCUT2D eigenvalue weighted by atomic mass is 10.2. The van der Waals surface area contributed by atoms with Crippen LogP contribution in [0.4, 0.5) is 5.82 Å². The predicted molar refractivity (Wildman–Crippen MR) is 82.5 cm³/mol. The summed E-state index contributed by atoms with van der Waals surface area (Å²) in [7, 11) is 0. The molecule has 0 fully saturated rings. The lowest BCUT2D eigenvalue weighted by molar-refractivity contribution is -0.122. The van der Waals surface area contributed by atoms with Crippen molar-refractivity contribution in [2.24, 2.45) is 0 Å². The molecule has 0 aliphatic carbocycles. The minimum absolute atomic E-state index is 0.153. The van der Waals surface area contributed by atoms with Crippen molar-refractivity contribution in [3.05, 3.63) is 42.1 Å². The van der Waals surface area contributed by atoms with E-state index in [-0.39, 0.29) is 11.9 Å². The third-order valence-corrected chi connectivity index (χ3v) is 3.08. The van der Waals surface area contributed by atoms with Crippen LogP contribution in [0.5, 0.6) is 5.75 Å². The van der Waals surface area contributed by atoms with E-state index in [0.29, 0.717) is 17.1 Å². The number of aromatic nitrogens is 2. The molecule has 1 aromatic carbocycles. The molecular weight excluding hydrogens is 280 g/mol. The van der Waals surface area contributed by atoms with Gasteiger partial charge in [-0.1, -0.05) is 0 Å². The van der Waals surface area contributed by atoms with Crippen molar-refractivity contribution in [2.45, 2.75) is 32.9 Å². The third-order valence-electron chi connectivity index (χ3n) is 3.08. The summed E-state index contributed by atoms with van der Waals surface area (Å²) in [6.45, 7) is 5.64. The zero-order valence-corrected chi connectivity index (χ0v) is 12.8. The first kappa shape index (κ1) is 15.6. The molecule has 1 heterocycles. The van der Waals surface area contributed by atoms with E-state index in [1.54, 1.807) is 48.1 Å². The van der Waals surface area contributed by atoms with Crippen LogP contribution in [0.25, 0.3) is 0 Å². The largest absolute Gasteiger partial charge is 0.481 e. The van der Waals surface area contributed by atoms with Gasteiger partial charge in [-0.3, -0.25) is 4.79 Å². The molecule has 1 unspecified atom stereocenters. The highest BCUT2D eigenvalue weighted by molar-refractivity contribution is 5.93. The summed E-state index contributed by atoms with van der Waals surface area (Å²) >= 11 is 0. The van der Waals surface area contributed by atoms with Crippen molar-refractivity contribution in [2.75, 3.05) is 5.32 Å². The predicted octanol–water partition coefficient (Wildman–Crippen LogP) is 2.74. The van der Waals surface area contributed by atoms with Crippen molar-refractivity contribution in [3.63, 3.8) is 0 Å². The second-order valence-electron chi connectivity index (χ2n) is 5.14. The lowest BCUT2D eigenvalue weighted by Gasteiger charge is -2.16. The van der Waals surface area contributed by atoms with Crippen molar-refractivity contribution in [1.29, 1.82) is 5.26 Å². The Bertz CT molecular complexity index is 683. The Morgan fingerprint density at radius 1 is 1.27 bits per heavy atom. The highest BCUT2D eigenvalue weighted by atomic mass is 16.5. The van der Waals surface area contributed by atoms with Gasteiger partial charge in [-0.05, 0) is 45.0 Å². The molecule has 114 valence electrons. The Labute approximate surface area is 129 Å². The van der Waals surface area contributed by atoms with Crippen LogP contribution in [-0.2, 0) is 4.79 Å². The Balaban J connectivity index is 1.99. The highest BCUT2D eigenvalue weighted by Crippen LogP contribution is 2.16. The average Bonchev–Trinajstić information content (AvgIpc) is 2.96. The van der Waals surface area contributed by atoms with Gasteiger partial charge in [0.15, 0.2) is 6.10 Å². The normalized spacial score (nSPS) is 11.8. The van der Waals surface area contributed by atoms with Crippen molar-refractivity contribution in [3.8, 4) is 11.8 Å². The number of carbonyl (C=O) groups is 1. The van der Waals surface area contributed by atoms with Gasteiger partial charge in [-0.2, -0.15) is 10.4 Å². The molecule has 0 saturated heterocycles. The number of nitriles is 1. The van der Waals surface area contributed by atoms with Gasteiger partial charge in [0, 0.05) is 12.1 Å². The first-order valence-electron chi connectivity index (χ1n) is 7.02. The van der Waals surface area contributed by atoms with Gasteiger partial charge in [-0.15, -0.1) is 0 Å². The Kier molecular flexibility index (Phi) is 4.79. The molecule has 6 heteroatoms. The monoisotopic (exact) mass is 298 g/mol. The first-order valence-corrected chi connectivity index (χ1v) is 7.02. The van der Waals surface area contributed by atoms with Crippen LogP contribution in [0.15, 0.2) is 36.5 Å². The highest BCUT2D eigenvalue weighted by Gasteiger charge is 2.17. The number of carbonyl (C=O) groups excluding carboxylic acids is 1. The van der Waals surface area contributed by atoms with E-state index >= 15 is 0 Å². The first-order chi connectivity index (χ1) is 10.5. The van der Waals surface area contributed by atoms with E-state index in [1.807, 2.05) is 19.9 Å². The zero-order valence-electron chi connectivity index (χ0n) is 12.8. The quantitative estimate of drug-likeness (QED) is 0.920. The fourth-order valence-corrected chi connectivity index (χ4v) is 1.92. The van der Waals surface area contributed by atoms with Crippen LogP contribution in [0, 0.1) is 11.3 Å². The summed E-state index contributed by atoms with van der Waals surface area (Å²) in [5, 5.41) is 15.7. The summed E-state index contributed by atoms with van der Waals surface area (Å²) in [5.41, 5.74) is 0.547. The van der Waals surface area contributed by atoms with Crippen LogP contribution in [0.1, 0.15) is 32.4 Å². The standard InChI is InChI=1S/C16H18N4O2/c1-11(2)20-15(8-9-18-20)19-16(21)12(3)22-14-6-4-13(10-17)5-7-14/h4-9,11-12H,1-3H3,(H,19,21). The summed E-state index contributed by atoms with van der Waals surface area (Å²) in [4.78, 5) is 12.2. The second kappa shape index (κ2) is 6.76. The number of hydrogen-bond acceptors (Lipinski definition) is 4. The minimum Gasteiger partial charge on any atom is -0.481 e. The number of amides is 1. The number of anilines is 1. The van der Waals surface area contributed by atoms with Gasteiger partial charge in [0.1, 0.15) is 11.6 Å². The molecule has 0 saturated carbocycles. The van der Waals surface area contributed by atoms with Crippen molar-refractivity contribution < 1.29 is 9.53 Å². The molecule has 1 amide bonds. The van der Waals surface area contributed by atoms with Crippen molar-refractivity contribution in [1.82, 2.24) is 9.78 Å². The number of rotatable bonds is 5. The van der Waals surface area contributed by atoms with Gasteiger partial charge in [0.2, 0.25) is 0 Å². The number of ether oxygens (including phenoxy) is 1. The van der Waals surface area contributed by atoms with Crippen LogP contribution in [0.3, 0.4) is 0 Å². The van der Waals surface area contributed by atoms with Gasteiger partial charge in [-0.25, -0.2) is 4.68 Å². The van der Waals surface area contributed by atoms with Gasteiger partial charge < -0.3 is 10.1 Å². The third kappa shape index (κ3) is 3.64. The summed E-state index contributed by atoms with van der Waals surface area (Å²) in [5.74, 6) is 0.918. The number of benzene rings is 1. The molecule has 0 radical (unpaired) electrons. The summed E-state index contributed by atoms with van der Waals surface area (Å²) < 4.78 is 7.30. The maximum Gasteiger partial charge on any atom is 0.266 e. The SMILES string of the molecule is CC(Oc1ccc(C#N)cc1)C(=O)Nc1ccnn1C(C)C. The summed E-state index contributed by atoms with van der Waals surface area (Å²) in [6, 6.07) is 10.6. The van der Waals surface area contributed by atoms with Crippen LogP contribution < -0.4 is 10.1 Å². The molecule has 1 aromatic heterocycles. The fourth-order valence-electron chi connectivity index (χ4n) is 1.92. The molecule has 1 atom stereocenters. The average molecular weight is 298 g/mol. The maximum absolute atomic E-state index is 12.2. The molecule has 2 aromatic rings. The smallest absolute Gasteiger partial charge is 0.266 e. The topological polar surface area (TPSA) is 79.9 Å². The van der Waals surface area contributed by atoms with Gasteiger partial charge in [0.05, 0.1) is 17.8 Å². The van der Waals surface area contributed by atoms with Crippen molar-refractivity contribution >= 4 is 11.7 Å². The van der Waals surface area contributed by atoms with E-state index in [4.69, 9.17) is 10.00 Å². The minimum atomic E-state index is -0.663. The molecule has 6 nitrogen and oxygen atoms in total. The van der Waals surface area contributed by atoms with Gasteiger partial charge >= 0.3 is 0 Å². The summed E-state index contributed by atoms with van der Waals surface area (Å²) in [6.07, 6.45) is 0.977. The molecule has 0 bridgehead atoms. The van der Waals surface area contributed by atoms with Crippen LogP contribution in [-0.4, -0.2) is 21.8 Å². The molecule has 22 heavy (non-hydrogen) atoms. The Morgan fingerprint density at radius 2 is 1.95 bits per heavy atom. The fraction of sp³-hybridized carbons (Fsp3) is 0.312. The second-order valence-corrected chi connectivity index (χ2v) is 5.14. The molecule has 1 N–H and O–H groups in total. The van der Waals surface area contributed by atoms with E-state index in [9.17, 15) is 4.79 Å². The number of nitrogens with zero attached hydrogens (tertiary/aromatic N) is 3. The van der Waals surface area contributed by atoms with E-state index in [0.717, 1.165) is 0 Å². The molecule has 0 aliphatic rings. The molecule has 0 aliphatic heterocycles. The lowest BCUT2D eigenvalue weighted by Crippen LogP contribution is -2.31. The molecule has 0 spiro atoms. The number of hydrogen-bond donors (Lipinski definition) is 1. The Hall–Kier alpha value is -2.81. The van der Waals surface area contributed by atoms with Crippen LogP contribution in [0.2, 0.25) is 0 Å². The number of nitrogens with one attached hydrogen (secondary N) is 1. The Morgan fingerprint density at radius 3 is 2.55 bits per heavy atom. The van der Waals surface area contributed by atoms with Crippen LogP contribution >= 0.6 is 0 Å². The molecule has 2 rings (SSSR count). The van der Waals surface area contributed by atoms with E-state index in [2.05, 4.69) is 10.4 Å². The van der Waals surface area contributed by atoms with Gasteiger partial charge in [0.25, 0.3) is 5.91 Å². The molecular formula is C16H18N4O2. The maximum atomic E-state index is 12.2.